The molecule has 0 bridgehead atoms. The van der Waals surface area contributed by atoms with Crippen LogP contribution in [-0.4, -0.2) is 17.1 Å². The lowest BCUT2D eigenvalue weighted by Crippen LogP contribution is -2.33. The molecule has 0 spiro atoms. The van der Waals surface area contributed by atoms with E-state index in [4.69, 9.17) is 10.5 Å². The van der Waals surface area contributed by atoms with Crippen molar-refractivity contribution >= 4 is 0 Å². The summed E-state index contributed by atoms with van der Waals surface area (Å²) in [7, 11) is 1.77. The van der Waals surface area contributed by atoms with Gasteiger partial charge in [0.15, 0.2) is 5.82 Å². The smallest absolute Gasteiger partial charge is 0.160 e. The summed E-state index contributed by atoms with van der Waals surface area (Å²) in [5, 5.41) is 0. The molecule has 1 aromatic heterocycles. The van der Waals surface area contributed by atoms with Crippen LogP contribution in [0, 0.1) is 6.92 Å². The van der Waals surface area contributed by atoms with Gasteiger partial charge in [-0.3, -0.25) is 0 Å². The minimum atomic E-state index is -0.278. The maximum absolute atomic E-state index is 5.90. The van der Waals surface area contributed by atoms with Crippen LogP contribution < -0.4 is 5.73 Å². The first-order valence-electron chi connectivity index (χ1n) is 6.74. The first-order valence-corrected chi connectivity index (χ1v) is 6.74. The third kappa shape index (κ3) is 2.40. The van der Waals surface area contributed by atoms with Crippen LogP contribution in [0.3, 0.4) is 0 Å². The van der Waals surface area contributed by atoms with Crippen LogP contribution in [-0.2, 0) is 10.3 Å². The topological polar surface area (TPSA) is 61.0 Å². The van der Waals surface area contributed by atoms with Gasteiger partial charge in [-0.2, -0.15) is 0 Å². The molecule has 4 heteroatoms. The molecule has 1 unspecified atom stereocenters. The Morgan fingerprint density at radius 2 is 2.00 bits per heavy atom. The SMILES string of the molecule is COC1(c2ncc(C(C)N)c(C)n2)CCCCC1. The van der Waals surface area contributed by atoms with Gasteiger partial charge in [0.25, 0.3) is 0 Å². The van der Waals surface area contributed by atoms with Crippen LogP contribution in [0.1, 0.15) is 62.2 Å². The molecule has 1 fully saturated rings. The van der Waals surface area contributed by atoms with E-state index in [1.165, 1.54) is 19.3 Å². The van der Waals surface area contributed by atoms with E-state index in [0.29, 0.717) is 0 Å². The number of rotatable bonds is 3. The second-order valence-corrected chi connectivity index (χ2v) is 5.28. The normalized spacial score (nSPS) is 20.7. The number of methoxy groups -OCH3 is 1. The van der Waals surface area contributed by atoms with Crippen molar-refractivity contribution in [2.45, 2.75) is 57.6 Å². The first kappa shape index (κ1) is 13.4. The van der Waals surface area contributed by atoms with Crippen molar-refractivity contribution in [3.05, 3.63) is 23.3 Å². The van der Waals surface area contributed by atoms with Crippen LogP contribution in [0.4, 0.5) is 0 Å². The van der Waals surface area contributed by atoms with E-state index < -0.39 is 0 Å². The lowest BCUT2D eigenvalue weighted by Gasteiger charge is -2.34. The molecule has 100 valence electrons. The van der Waals surface area contributed by atoms with Gasteiger partial charge >= 0.3 is 0 Å². The van der Waals surface area contributed by atoms with Crippen molar-refractivity contribution in [3.63, 3.8) is 0 Å². The highest BCUT2D eigenvalue weighted by atomic mass is 16.5. The van der Waals surface area contributed by atoms with Gasteiger partial charge in [0.05, 0.1) is 0 Å². The Morgan fingerprint density at radius 1 is 1.33 bits per heavy atom. The van der Waals surface area contributed by atoms with Crippen LogP contribution in [0.5, 0.6) is 0 Å². The monoisotopic (exact) mass is 249 g/mol. The van der Waals surface area contributed by atoms with Crippen LogP contribution in [0.25, 0.3) is 0 Å². The number of hydrogen-bond donors (Lipinski definition) is 1. The fourth-order valence-electron chi connectivity index (χ4n) is 2.78. The molecule has 1 aliphatic rings. The molecule has 0 amide bonds. The maximum atomic E-state index is 5.90. The minimum Gasteiger partial charge on any atom is -0.370 e. The molecular formula is C14H23N3O. The van der Waals surface area contributed by atoms with Crippen molar-refractivity contribution in [1.29, 1.82) is 0 Å². The molecular weight excluding hydrogens is 226 g/mol. The largest absolute Gasteiger partial charge is 0.370 e. The molecule has 1 aliphatic carbocycles. The lowest BCUT2D eigenvalue weighted by atomic mass is 9.83. The third-order valence-electron chi connectivity index (χ3n) is 3.97. The van der Waals surface area contributed by atoms with Crippen molar-refractivity contribution in [1.82, 2.24) is 9.97 Å². The summed E-state index contributed by atoms with van der Waals surface area (Å²) in [5.74, 6) is 0.826. The Bertz CT molecular complexity index is 412. The molecule has 0 saturated heterocycles. The molecule has 1 heterocycles. The predicted molar refractivity (Wildman–Crippen MR) is 71.1 cm³/mol. The summed E-state index contributed by atoms with van der Waals surface area (Å²) < 4.78 is 5.76. The van der Waals surface area contributed by atoms with E-state index in [-0.39, 0.29) is 11.6 Å². The van der Waals surface area contributed by atoms with E-state index in [0.717, 1.165) is 29.9 Å². The van der Waals surface area contributed by atoms with Crippen molar-refractivity contribution in [3.8, 4) is 0 Å². The predicted octanol–water partition coefficient (Wildman–Crippen LogP) is 2.61. The molecule has 0 radical (unpaired) electrons. The average molecular weight is 249 g/mol. The van der Waals surface area contributed by atoms with Crippen LogP contribution >= 0.6 is 0 Å². The highest BCUT2D eigenvalue weighted by molar-refractivity contribution is 5.21. The molecule has 18 heavy (non-hydrogen) atoms. The second kappa shape index (κ2) is 5.33. The Hall–Kier alpha value is -1.00. The third-order valence-corrected chi connectivity index (χ3v) is 3.97. The zero-order valence-electron chi connectivity index (χ0n) is 11.6. The summed E-state index contributed by atoms with van der Waals surface area (Å²) in [5.41, 5.74) is 7.60. The molecule has 4 nitrogen and oxygen atoms in total. The van der Waals surface area contributed by atoms with Gasteiger partial charge < -0.3 is 10.5 Å². The van der Waals surface area contributed by atoms with E-state index in [2.05, 4.69) is 9.97 Å². The Labute approximate surface area is 109 Å². The molecule has 0 aromatic carbocycles. The van der Waals surface area contributed by atoms with Gasteiger partial charge in [-0.05, 0) is 26.7 Å². The second-order valence-electron chi connectivity index (χ2n) is 5.28. The molecule has 1 aromatic rings. The average Bonchev–Trinajstić information content (AvgIpc) is 2.39. The number of hydrogen-bond acceptors (Lipinski definition) is 4. The van der Waals surface area contributed by atoms with E-state index in [1.807, 2.05) is 20.0 Å². The van der Waals surface area contributed by atoms with Gasteiger partial charge in [0.1, 0.15) is 5.60 Å². The summed E-state index contributed by atoms with van der Waals surface area (Å²) in [6.45, 7) is 3.95. The molecule has 2 rings (SSSR count). The van der Waals surface area contributed by atoms with Crippen molar-refractivity contribution < 1.29 is 4.74 Å². The fourth-order valence-corrected chi connectivity index (χ4v) is 2.78. The highest BCUT2D eigenvalue weighted by Crippen LogP contribution is 2.38. The van der Waals surface area contributed by atoms with Gasteiger partial charge in [-0.15, -0.1) is 0 Å². The Balaban J connectivity index is 2.34. The summed E-state index contributed by atoms with van der Waals surface area (Å²) in [6.07, 6.45) is 7.54. The molecule has 2 N–H and O–H groups in total. The number of aryl methyl sites for hydroxylation is 1. The minimum absolute atomic E-state index is 0.0242. The zero-order valence-corrected chi connectivity index (χ0v) is 11.6. The van der Waals surface area contributed by atoms with Crippen LogP contribution in [0.2, 0.25) is 0 Å². The van der Waals surface area contributed by atoms with Gasteiger partial charge in [-0.25, -0.2) is 9.97 Å². The Morgan fingerprint density at radius 3 is 2.50 bits per heavy atom. The summed E-state index contributed by atoms with van der Waals surface area (Å²) in [4.78, 5) is 9.16. The number of nitrogens with zero attached hydrogens (tertiary/aromatic N) is 2. The Kier molecular flexibility index (Phi) is 3.97. The first-order chi connectivity index (χ1) is 8.59. The number of nitrogens with two attached hydrogens (primary N) is 1. The molecule has 1 atom stereocenters. The van der Waals surface area contributed by atoms with Gasteiger partial charge in [0, 0.05) is 30.6 Å². The highest BCUT2D eigenvalue weighted by Gasteiger charge is 2.36. The van der Waals surface area contributed by atoms with Gasteiger partial charge in [0.2, 0.25) is 0 Å². The molecule has 1 saturated carbocycles. The number of aromatic nitrogens is 2. The van der Waals surface area contributed by atoms with E-state index >= 15 is 0 Å². The van der Waals surface area contributed by atoms with E-state index in [9.17, 15) is 0 Å². The van der Waals surface area contributed by atoms with Crippen molar-refractivity contribution in [2.75, 3.05) is 7.11 Å². The molecule has 0 aliphatic heterocycles. The van der Waals surface area contributed by atoms with Crippen molar-refractivity contribution in [2.24, 2.45) is 5.73 Å². The maximum Gasteiger partial charge on any atom is 0.160 e. The quantitative estimate of drug-likeness (QED) is 0.894. The summed E-state index contributed by atoms with van der Waals surface area (Å²) >= 11 is 0. The van der Waals surface area contributed by atoms with Gasteiger partial charge in [-0.1, -0.05) is 19.3 Å². The standard InChI is InChI=1S/C14H23N3O/c1-10(15)12-9-16-13(17-11(12)2)14(18-3)7-5-4-6-8-14/h9-10H,4-8,15H2,1-3H3. The fraction of sp³-hybridized carbons (Fsp3) is 0.714. The van der Waals surface area contributed by atoms with Crippen LogP contribution in [0.15, 0.2) is 6.20 Å². The summed E-state index contributed by atoms with van der Waals surface area (Å²) in [6, 6.07) is -0.0242. The number of ether oxygens (including phenoxy) is 1. The zero-order chi connectivity index (χ0) is 13.2. The lowest BCUT2D eigenvalue weighted by molar-refractivity contribution is -0.0516. The van der Waals surface area contributed by atoms with E-state index in [1.54, 1.807) is 7.11 Å².